The molecule has 0 aliphatic rings. The molecule has 13 nitrogen and oxygen atoms in total. The fourth-order valence-electron chi connectivity index (χ4n) is 4.25. The Morgan fingerprint density at radius 3 is 1.77 bits per heavy atom. The zero-order valence-electron chi connectivity index (χ0n) is 28.8. The van der Waals surface area contributed by atoms with E-state index in [-0.39, 0.29) is 32.3 Å². The minimum atomic E-state index is -1.47. The second kappa shape index (κ2) is 20.2. The molecule has 0 unspecified atom stereocenters. The van der Waals surface area contributed by atoms with Gasteiger partial charge >= 0.3 is 29.9 Å². The normalized spacial score (nSPS) is 13.3. The second-order valence-electron chi connectivity index (χ2n) is 13.3. The Morgan fingerprint density at radius 1 is 0.702 bits per heavy atom. The van der Waals surface area contributed by atoms with E-state index in [1.807, 2.05) is 6.07 Å². The van der Waals surface area contributed by atoms with Crippen LogP contribution in [0.15, 0.2) is 30.3 Å². The highest BCUT2D eigenvalue weighted by Crippen LogP contribution is 2.15. The molecular formula is C34H53N3O10. The monoisotopic (exact) mass is 663 g/mol. The van der Waals surface area contributed by atoms with Gasteiger partial charge in [-0.25, -0.2) is 19.2 Å². The molecule has 1 aromatic rings. The van der Waals surface area contributed by atoms with Crippen LogP contribution in [-0.4, -0.2) is 70.2 Å². The molecule has 0 saturated heterocycles. The Balaban J connectivity index is 2.86. The van der Waals surface area contributed by atoms with Gasteiger partial charge in [-0.1, -0.05) is 62.9 Å². The summed E-state index contributed by atoms with van der Waals surface area (Å²) in [5.74, 6) is -3.97. The summed E-state index contributed by atoms with van der Waals surface area (Å²) < 4.78 is 16.1. The van der Waals surface area contributed by atoms with Gasteiger partial charge in [-0.05, 0) is 66.4 Å². The number of rotatable bonds is 19. The lowest BCUT2D eigenvalue weighted by molar-refractivity contribution is -0.159. The Morgan fingerprint density at radius 2 is 1.23 bits per heavy atom. The quantitative estimate of drug-likeness (QED) is 0.0929. The van der Waals surface area contributed by atoms with Gasteiger partial charge in [0, 0.05) is 12.8 Å². The van der Waals surface area contributed by atoms with Gasteiger partial charge < -0.3 is 35.3 Å². The molecule has 0 spiro atoms. The summed E-state index contributed by atoms with van der Waals surface area (Å²) in [6.07, 6.45) is 2.96. The SMILES string of the molecule is CCCCCC[C@H](NC(=O)CC[C@H](NC(=O)N[C@@H](CCC(=O)OCc1ccccc1)C(=O)O)C(=O)OC(C)(C)C)C(=O)OC(C)(C)C. The van der Waals surface area contributed by atoms with Gasteiger partial charge in [0.1, 0.15) is 35.9 Å². The number of unbranched alkanes of at least 4 members (excludes halogenated alkanes) is 3. The van der Waals surface area contributed by atoms with Gasteiger partial charge in [0.2, 0.25) is 5.91 Å². The van der Waals surface area contributed by atoms with Crippen molar-refractivity contribution in [3.63, 3.8) is 0 Å². The maximum atomic E-state index is 13.0. The van der Waals surface area contributed by atoms with E-state index in [1.54, 1.807) is 65.8 Å². The Hall–Kier alpha value is -4.16. The third-order valence-corrected chi connectivity index (χ3v) is 6.51. The van der Waals surface area contributed by atoms with Crippen molar-refractivity contribution in [3.8, 4) is 0 Å². The number of hydrogen-bond donors (Lipinski definition) is 4. The van der Waals surface area contributed by atoms with Crippen molar-refractivity contribution >= 4 is 35.8 Å². The van der Waals surface area contributed by atoms with Crippen LogP contribution in [0.3, 0.4) is 0 Å². The molecule has 0 fully saturated rings. The molecule has 0 aliphatic carbocycles. The van der Waals surface area contributed by atoms with Crippen LogP contribution in [0.1, 0.15) is 112 Å². The molecule has 0 bridgehead atoms. The Labute approximate surface area is 277 Å². The molecule has 0 heterocycles. The van der Waals surface area contributed by atoms with Gasteiger partial charge in [-0.2, -0.15) is 0 Å². The van der Waals surface area contributed by atoms with E-state index < -0.39 is 65.1 Å². The van der Waals surface area contributed by atoms with E-state index in [4.69, 9.17) is 14.2 Å². The molecule has 1 aromatic carbocycles. The van der Waals surface area contributed by atoms with Gasteiger partial charge in [-0.15, -0.1) is 0 Å². The topological polar surface area (TPSA) is 186 Å². The van der Waals surface area contributed by atoms with Gasteiger partial charge in [-0.3, -0.25) is 9.59 Å². The highest BCUT2D eigenvalue weighted by Gasteiger charge is 2.31. The Bertz CT molecular complexity index is 1170. The number of amides is 3. The lowest BCUT2D eigenvalue weighted by Gasteiger charge is -2.26. The van der Waals surface area contributed by atoms with Crippen LogP contribution in [-0.2, 0) is 44.8 Å². The van der Waals surface area contributed by atoms with Crippen LogP contribution in [0.25, 0.3) is 0 Å². The molecule has 1 rings (SSSR count). The largest absolute Gasteiger partial charge is 0.480 e. The fraction of sp³-hybridized carbons (Fsp3) is 0.647. The van der Waals surface area contributed by atoms with E-state index in [0.29, 0.717) is 12.8 Å². The van der Waals surface area contributed by atoms with E-state index >= 15 is 0 Å². The van der Waals surface area contributed by atoms with Crippen LogP contribution in [0.2, 0.25) is 0 Å². The summed E-state index contributed by atoms with van der Waals surface area (Å²) in [6, 6.07) is 4.27. The molecule has 0 radical (unpaired) electrons. The smallest absolute Gasteiger partial charge is 0.329 e. The van der Waals surface area contributed by atoms with Crippen molar-refractivity contribution in [2.45, 2.75) is 142 Å². The van der Waals surface area contributed by atoms with Crippen molar-refractivity contribution in [1.82, 2.24) is 16.0 Å². The number of urea groups is 1. The number of hydrogen-bond acceptors (Lipinski definition) is 9. The first-order chi connectivity index (χ1) is 21.9. The molecule has 47 heavy (non-hydrogen) atoms. The fourth-order valence-corrected chi connectivity index (χ4v) is 4.25. The third kappa shape index (κ3) is 19.2. The van der Waals surface area contributed by atoms with Crippen molar-refractivity contribution < 1.29 is 48.1 Å². The summed E-state index contributed by atoms with van der Waals surface area (Å²) in [5, 5.41) is 17.0. The lowest BCUT2D eigenvalue weighted by Crippen LogP contribution is -2.52. The van der Waals surface area contributed by atoms with E-state index in [1.165, 1.54) is 0 Å². The highest BCUT2D eigenvalue weighted by molar-refractivity contribution is 5.88. The van der Waals surface area contributed by atoms with Gasteiger partial charge in [0.25, 0.3) is 0 Å². The van der Waals surface area contributed by atoms with Gasteiger partial charge in [0.15, 0.2) is 0 Å². The van der Waals surface area contributed by atoms with E-state index in [0.717, 1.165) is 24.8 Å². The van der Waals surface area contributed by atoms with Crippen molar-refractivity contribution in [2.24, 2.45) is 0 Å². The standard InChI is InChI=1S/C34H53N3O10/c1-8-9-10-14-17-25(30(42)46-33(2,3)4)35-27(38)20-18-26(31(43)47-34(5,6)7)37-32(44)36-24(29(40)41)19-21-28(39)45-22-23-15-12-11-13-16-23/h11-13,15-16,24-26H,8-10,14,17-22H2,1-7H3,(H,35,38)(H,40,41)(H2,36,37,44)/t24-,25-,26-/m0/s1. The zero-order valence-corrected chi connectivity index (χ0v) is 28.8. The summed E-state index contributed by atoms with van der Waals surface area (Å²) in [5.41, 5.74) is -0.902. The Kier molecular flexibility index (Phi) is 17.5. The van der Waals surface area contributed by atoms with E-state index in [2.05, 4.69) is 22.9 Å². The van der Waals surface area contributed by atoms with Gasteiger partial charge in [0.05, 0.1) is 0 Å². The first-order valence-electron chi connectivity index (χ1n) is 16.1. The highest BCUT2D eigenvalue weighted by atomic mass is 16.6. The van der Waals surface area contributed by atoms with Crippen LogP contribution in [0, 0.1) is 0 Å². The zero-order chi connectivity index (χ0) is 35.6. The van der Waals surface area contributed by atoms with Crippen molar-refractivity contribution in [2.75, 3.05) is 0 Å². The van der Waals surface area contributed by atoms with Crippen LogP contribution < -0.4 is 16.0 Å². The molecule has 13 heteroatoms. The maximum absolute atomic E-state index is 13.0. The molecule has 0 saturated carbocycles. The number of esters is 3. The molecule has 3 atom stereocenters. The molecule has 0 aromatic heterocycles. The minimum absolute atomic E-state index is 0.0217. The summed E-state index contributed by atoms with van der Waals surface area (Å²) in [4.78, 5) is 75.6. The third-order valence-electron chi connectivity index (χ3n) is 6.51. The molecule has 264 valence electrons. The number of carbonyl (C=O) groups is 6. The van der Waals surface area contributed by atoms with E-state index in [9.17, 15) is 33.9 Å². The molecule has 0 aliphatic heterocycles. The van der Waals surface area contributed by atoms with Crippen LogP contribution >= 0.6 is 0 Å². The van der Waals surface area contributed by atoms with Crippen molar-refractivity contribution in [3.05, 3.63) is 35.9 Å². The first-order valence-corrected chi connectivity index (χ1v) is 16.1. The number of nitrogens with one attached hydrogen (secondary N) is 3. The average molecular weight is 664 g/mol. The van der Waals surface area contributed by atoms with Crippen molar-refractivity contribution in [1.29, 1.82) is 0 Å². The molecular weight excluding hydrogens is 610 g/mol. The summed E-state index contributed by atoms with van der Waals surface area (Å²) in [6.45, 7) is 12.2. The number of carboxylic acids is 1. The first kappa shape index (κ1) is 40.9. The molecule has 3 amide bonds. The maximum Gasteiger partial charge on any atom is 0.329 e. The summed E-state index contributed by atoms with van der Waals surface area (Å²) >= 11 is 0. The number of ether oxygens (including phenoxy) is 3. The number of benzene rings is 1. The predicted octanol–water partition coefficient (Wildman–Crippen LogP) is 4.55. The van der Waals surface area contributed by atoms with Crippen LogP contribution in [0.5, 0.6) is 0 Å². The average Bonchev–Trinajstić information content (AvgIpc) is 2.96. The number of aliphatic carboxylic acids is 1. The van der Waals surface area contributed by atoms with Crippen LogP contribution in [0.4, 0.5) is 4.79 Å². The summed E-state index contributed by atoms with van der Waals surface area (Å²) in [7, 11) is 0. The minimum Gasteiger partial charge on any atom is -0.480 e. The molecule has 4 N–H and O–H groups in total. The number of carboxylic acid groups (broad SMARTS) is 1. The number of carbonyl (C=O) groups excluding carboxylic acids is 5. The second-order valence-corrected chi connectivity index (χ2v) is 13.3. The predicted molar refractivity (Wildman–Crippen MR) is 174 cm³/mol. The lowest BCUT2D eigenvalue weighted by atomic mass is 10.1.